The summed E-state index contributed by atoms with van der Waals surface area (Å²) >= 11 is 0. The van der Waals surface area contributed by atoms with Crippen LogP contribution in [0.1, 0.15) is 33.6 Å². The molecule has 0 aliphatic heterocycles. The Bertz CT molecular complexity index is 454. The number of carbonyl (C=O) groups is 2. The van der Waals surface area contributed by atoms with Gasteiger partial charge in [0.2, 0.25) is 0 Å². The average Bonchev–Trinajstić information content (AvgIpc) is 2.34. The fourth-order valence-electron chi connectivity index (χ4n) is 3.14. The molecule has 0 heterocycles. The van der Waals surface area contributed by atoms with Crippen LogP contribution in [-0.2, 0) is 14.3 Å². The molecule has 3 heteroatoms. The van der Waals surface area contributed by atoms with Gasteiger partial charge in [-0.05, 0) is 48.7 Å². The fraction of sp³-hybridized carbons (Fsp3) is 0.600. The van der Waals surface area contributed by atoms with E-state index in [2.05, 4.69) is 24.7 Å². The molecular weight excluding hydrogens is 228 g/mol. The highest BCUT2D eigenvalue weighted by Gasteiger charge is 2.50. The van der Waals surface area contributed by atoms with Crippen molar-refractivity contribution in [2.45, 2.75) is 33.6 Å². The Labute approximate surface area is 108 Å². The highest BCUT2D eigenvalue weighted by atomic mass is 16.5. The molecule has 0 unspecified atom stereocenters. The molecule has 0 N–H and O–H groups in total. The van der Waals surface area contributed by atoms with Crippen molar-refractivity contribution in [1.82, 2.24) is 0 Å². The van der Waals surface area contributed by atoms with Crippen LogP contribution in [0.15, 0.2) is 23.3 Å². The maximum absolute atomic E-state index is 11.6. The maximum atomic E-state index is 11.6. The summed E-state index contributed by atoms with van der Waals surface area (Å²) in [7, 11) is 1.30. The Kier molecular flexibility index (Phi) is 3.18. The van der Waals surface area contributed by atoms with Gasteiger partial charge in [-0.3, -0.25) is 4.79 Å². The van der Waals surface area contributed by atoms with Gasteiger partial charge in [0.15, 0.2) is 5.78 Å². The van der Waals surface area contributed by atoms with Crippen LogP contribution < -0.4 is 0 Å². The Morgan fingerprint density at radius 1 is 1.44 bits per heavy atom. The number of ether oxygens (including phenoxy) is 1. The van der Waals surface area contributed by atoms with Crippen LogP contribution in [0.5, 0.6) is 0 Å². The van der Waals surface area contributed by atoms with Gasteiger partial charge in [-0.15, -0.1) is 0 Å². The first-order valence-electron chi connectivity index (χ1n) is 6.39. The van der Waals surface area contributed by atoms with Crippen molar-refractivity contribution >= 4 is 11.8 Å². The van der Waals surface area contributed by atoms with Crippen molar-refractivity contribution in [3.05, 3.63) is 23.3 Å². The number of hydrogen-bond donors (Lipinski definition) is 0. The number of hydrogen-bond acceptors (Lipinski definition) is 3. The number of carbonyl (C=O) groups excluding carboxylic acids is 2. The van der Waals surface area contributed by atoms with Crippen LogP contribution in [0.25, 0.3) is 0 Å². The van der Waals surface area contributed by atoms with Crippen molar-refractivity contribution in [2.75, 3.05) is 7.11 Å². The zero-order valence-corrected chi connectivity index (χ0v) is 11.4. The Balaban J connectivity index is 2.29. The molecule has 98 valence electrons. The second-order valence-corrected chi connectivity index (χ2v) is 5.85. The smallest absolute Gasteiger partial charge is 0.341 e. The minimum absolute atomic E-state index is 0.157. The van der Waals surface area contributed by atoms with Gasteiger partial charge in [-0.25, -0.2) is 4.79 Å². The van der Waals surface area contributed by atoms with Gasteiger partial charge in [-0.2, -0.15) is 0 Å². The lowest BCUT2D eigenvalue weighted by molar-refractivity contribution is -0.137. The van der Waals surface area contributed by atoms with E-state index >= 15 is 0 Å². The molecule has 0 aromatic carbocycles. The monoisotopic (exact) mass is 248 g/mol. The van der Waals surface area contributed by atoms with E-state index in [-0.39, 0.29) is 11.4 Å². The second-order valence-electron chi connectivity index (χ2n) is 5.85. The normalized spacial score (nSPS) is 29.1. The van der Waals surface area contributed by atoms with Gasteiger partial charge >= 0.3 is 5.97 Å². The molecule has 0 aromatic heterocycles. The van der Waals surface area contributed by atoms with Gasteiger partial charge in [0.1, 0.15) is 5.57 Å². The number of esters is 1. The van der Waals surface area contributed by atoms with E-state index in [1.165, 1.54) is 20.5 Å². The molecule has 1 fully saturated rings. The summed E-state index contributed by atoms with van der Waals surface area (Å²) < 4.78 is 4.66. The molecule has 3 nitrogen and oxygen atoms in total. The third-order valence-corrected chi connectivity index (χ3v) is 4.61. The van der Waals surface area contributed by atoms with Crippen molar-refractivity contribution in [3.8, 4) is 0 Å². The fourth-order valence-corrected chi connectivity index (χ4v) is 3.14. The topological polar surface area (TPSA) is 43.4 Å². The summed E-state index contributed by atoms with van der Waals surface area (Å²) in [6.07, 6.45) is 6.11. The van der Waals surface area contributed by atoms with Crippen LogP contribution in [0.3, 0.4) is 0 Å². The molecule has 18 heavy (non-hydrogen) atoms. The molecular formula is C15H20O3. The van der Waals surface area contributed by atoms with Crippen LogP contribution in [0.4, 0.5) is 0 Å². The van der Waals surface area contributed by atoms with Crippen molar-refractivity contribution in [3.63, 3.8) is 0 Å². The Hall–Kier alpha value is -1.38. The first-order chi connectivity index (χ1) is 8.37. The molecule has 3 rings (SSSR count). The highest BCUT2D eigenvalue weighted by molar-refractivity contribution is 6.16. The lowest BCUT2D eigenvalue weighted by Gasteiger charge is -2.56. The molecule has 3 aliphatic carbocycles. The molecule has 2 atom stereocenters. The Morgan fingerprint density at radius 3 is 2.56 bits per heavy atom. The zero-order valence-electron chi connectivity index (χ0n) is 11.4. The summed E-state index contributed by atoms with van der Waals surface area (Å²) in [5, 5.41) is 0. The van der Waals surface area contributed by atoms with E-state index in [9.17, 15) is 9.59 Å². The number of ketones is 1. The van der Waals surface area contributed by atoms with E-state index < -0.39 is 5.97 Å². The van der Waals surface area contributed by atoms with Crippen molar-refractivity contribution < 1.29 is 14.3 Å². The van der Waals surface area contributed by atoms with Gasteiger partial charge < -0.3 is 4.74 Å². The second kappa shape index (κ2) is 4.38. The lowest BCUT2D eigenvalue weighted by Crippen LogP contribution is -2.47. The van der Waals surface area contributed by atoms with E-state index in [1.54, 1.807) is 6.08 Å². The third-order valence-electron chi connectivity index (χ3n) is 4.61. The van der Waals surface area contributed by atoms with Gasteiger partial charge in [0, 0.05) is 0 Å². The summed E-state index contributed by atoms with van der Waals surface area (Å²) in [4.78, 5) is 23.1. The highest BCUT2D eigenvalue weighted by Crippen LogP contribution is 2.59. The van der Waals surface area contributed by atoms with Gasteiger partial charge in [0.05, 0.1) is 7.11 Å². The van der Waals surface area contributed by atoms with E-state index in [0.717, 1.165) is 17.9 Å². The van der Waals surface area contributed by atoms with Crippen LogP contribution in [0, 0.1) is 17.3 Å². The van der Waals surface area contributed by atoms with Crippen molar-refractivity contribution in [2.24, 2.45) is 17.3 Å². The number of Topliss-reactive ketones (excluding diaryl/α,β-unsaturated/α-hetero) is 1. The zero-order chi connectivity index (χ0) is 13.5. The predicted octanol–water partition coefficient (Wildman–Crippen LogP) is 2.67. The number of fused-ring (bicyclic) bond motifs is 1. The first-order valence-corrected chi connectivity index (χ1v) is 6.39. The molecule has 0 amide bonds. The van der Waals surface area contributed by atoms with Crippen LogP contribution >= 0.6 is 0 Å². The number of rotatable bonds is 3. The molecule has 0 radical (unpaired) electrons. The molecule has 2 bridgehead atoms. The van der Waals surface area contributed by atoms with E-state index in [1.807, 2.05) is 0 Å². The third kappa shape index (κ3) is 1.92. The standard InChI is InChI=1S/C15H20O3/c1-9(16)12(14(17)18-4)7-10-5-6-11-8-13(10)15(11,2)3/h5,7,11,13H,6,8H2,1-4H3/b12-7+/t11-,13-/m0/s1. The molecule has 1 saturated carbocycles. The average molecular weight is 248 g/mol. The predicted molar refractivity (Wildman–Crippen MR) is 68.9 cm³/mol. The largest absolute Gasteiger partial charge is 0.465 e. The van der Waals surface area contributed by atoms with Crippen molar-refractivity contribution in [1.29, 1.82) is 0 Å². The lowest BCUT2D eigenvalue weighted by atomic mass is 9.49. The summed E-state index contributed by atoms with van der Waals surface area (Å²) in [5.41, 5.74) is 1.57. The van der Waals surface area contributed by atoms with Gasteiger partial charge in [-0.1, -0.05) is 19.9 Å². The molecule has 3 aliphatic rings. The summed E-state index contributed by atoms with van der Waals surface area (Å²) in [6, 6.07) is 0. The summed E-state index contributed by atoms with van der Waals surface area (Å²) in [5.74, 6) is 0.443. The molecule has 0 aromatic rings. The number of methoxy groups -OCH3 is 1. The quantitative estimate of drug-likeness (QED) is 0.334. The number of allylic oxidation sites excluding steroid dienone is 3. The molecule has 0 saturated heterocycles. The maximum Gasteiger partial charge on any atom is 0.341 e. The Morgan fingerprint density at radius 2 is 2.11 bits per heavy atom. The minimum atomic E-state index is -0.539. The van der Waals surface area contributed by atoms with Crippen LogP contribution in [-0.4, -0.2) is 18.9 Å². The first kappa shape index (κ1) is 13.1. The van der Waals surface area contributed by atoms with Gasteiger partial charge in [0.25, 0.3) is 0 Å². The molecule has 0 spiro atoms. The van der Waals surface area contributed by atoms with E-state index in [0.29, 0.717) is 11.3 Å². The SMILES string of the molecule is COC(=O)/C(=C/C1=CC[C@H]2C[C@@H]1C2(C)C)C(C)=O. The summed E-state index contributed by atoms with van der Waals surface area (Å²) in [6.45, 7) is 5.93. The van der Waals surface area contributed by atoms with E-state index in [4.69, 9.17) is 0 Å². The minimum Gasteiger partial charge on any atom is -0.465 e. The van der Waals surface area contributed by atoms with Crippen LogP contribution in [0.2, 0.25) is 0 Å².